The molecule has 23 heavy (non-hydrogen) atoms. The molecule has 1 aliphatic rings. The number of rotatable bonds is 5. The number of aliphatic hydroxyl groups is 1. The van der Waals surface area contributed by atoms with Gasteiger partial charge in [-0.3, -0.25) is 9.59 Å². The summed E-state index contributed by atoms with van der Waals surface area (Å²) in [5.41, 5.74) is 0.593. The minimum absolute atomic E-state index is 0.256. The molecule has 7 heteroatoms. The zero-order valence-electron chi connectivity index (χ0n) is 13.3. The van der Waals surface area contributed by atoms with Crippen molar-refractivity contribution in [2.24, 2.45) is 5.92 Å². The van der Waals surface area contributed by atoms with Crippen LogP contribution in [0.4, 0.5) is 0 Å². The Balaban J connectivity index is 2.29. The molecule has 0 saturated carbocycles. The Bertz CT molecular complexity index is 581. The molecule has 1 aliphatic heterocycles. The third-order valence-corrected chi connectivity index (χ3v) is 4.42. The van der Waals surface area contributed by atoms with Crippen molar-refractivity contribution in [3.05, 3.63) is 34.9 Å². The zero-order chi connectivity index (χ0) is 17.0. The van der Waals surface area contributed by atoms with E-state index in [-0.39, 0.29) is 11.8 Å². The van der Waals surface area contributed by atoms with Crippen molar-refractivity contribution >= 4 is 23.4 Å². The highest BCUT2D eigenvalue weighted by Gasteiger charge is 2.38. The summed E-state index contributed by atoms with van der Waals surface area (Å²) in [6.45, 7) is 2.75. The Morgan fingerprint density at radius 3 is 2.87 bits per heavy atom. The van der Waals surface area contributed by atoms with E-state index in [1.807, 2.05) is 0 Å². The lowest BCUT2D eigenvalue weighted by molar-refractivity contribution is -0.148. The predicted molar refractivity (Wildman–Crippen MR) is 88.0 cm³/mol. The zero-order valence-corrected chi connectivity index (χ0v) is 14.0. The van der Waals surface area contributed by atoms with Crippen LogP contribution in [0.5, 0.6) is 0 Å². The first kappa shape index (κ1) is 17.7. The normalized spacial score (nSPS) is 20.8. The molecule has 1 aromatic carbocycles. The van der Waals surface area contributed by atoms with Gasteiger partial charge in [-0.2, -0.15) is 0 Å². The van der Waals surface area contributed by atoms with Crippen LogP contribution in [0.1, 0.15) is 18.5 Å². The summed E-state index contributed by atoms with van der Waals surface area (Å²) in [6, 6.07) is 6.23. The minimum Gasteiger partial charge on any atom is -0.391 e. The molecule has 3 N–H and O–H groups in total. The summed E-state index contributed by atoms with van der Waals surface area (Å²) in [6.07, 6.45) is -0.815. The monoisotopic (exact) mass is 339 g/mol. The Kier molecular flexibility index (Phi) is 5.98. The maximum Gasteiger partial charge on any atom is 0.247 e. The van der Waals surface area contributed by atoms with Gasteiger partial charge in [-0.15, -0.1) is 0 Å². The molecule has 126 valence electrons. The number of aliphatic hydroxyl groups excluding tert-OH is 1. The second-order valence-electron chi connectivity index (χ2n) is 5.66. The van der Waals surface area contributed by atoms with E-state index in [0.29, 0.717) is 30.2 Å². The van der Waals surface area contributed by atoms with Crippen molar-refractivity contribution in [2.45, 2.75) is 19.1 Å². The van der Waals surface area contributed by atoms with Crippen LogP contribution in [-0.4, -0.2) is 54.6 Å². The summed E-state index contributed by atoms with van der Waals surface area (Å²) >= 11 is 6.21. The molecule has 0 aliphatic carbocycles. The van der Waals surface area contributed by atoms with Gasteiger partial charge in [0.2, 0.25) is 11.8 Å². The molecule has 6 nitrogen and oxygen atoms in total. The minimum atomic E-state index is -0.815. The average Bonchev–Trinajstić information content (AvgIpc) is 2.54. The van der Waals surface area contributed by atoms with E-state index in [0.717, 1.165) is 0 Å². The lowest BCUT2D eigenvalue weighted by atomic mass is 9.97. The Morgan fingerprint density at radius 1 is 1.52 bits per heavy atom. The van der Waals surface area contributed by atoms with E-state index >= 15 is 0 Å². The standard InChI is InChI=1S/C16H22ClN3O3/c1-10(13(21)9-18-2)16(23)20-8-7-19-15(22)14(20)11-5-3-4-6-12(11)17/h3-6,10,13-14,18,21H,7-9H2,1-2H3,(H,19,22). The van der Waals surface area contributed by atoms with Crippen molar-refractivity contribution in [2.75, 3.05) is 26.7 Å². The van der Waals surface area contributed by atoms with Crippen LogP contribution in [0.2, 0.25) is 5.02 Å². The Labute approximate surface area is 140 Å². The molecule has 0 aromatic heterocycles. The van der Waals surface area contributed by atoms with Crippen LogP contribution in [0.25, 0.3) is 0 Å². The average molecular weight is 340 g/mol. The number of likely N-dealkylation sites (N-methyl/N-ethyl adjacent to an activating group) is 1. The van der Waals surface area contributed by atoms with Crippen LogP contribution in [0, 0.1) is 5.92 Å². The van der Waals surface area contributed by atoms with E-state index in [2.05, 4.69) is 10.6 Å². The first-order valence-electron chi connectivity index (χ1n) is 7.62. The summed E-state index contributed by atoms with van der Waals surface area (Å²) in [5, 5.41) is 16.1. The maximum atomic E-state index is 12.8. The van der Waals surface area contributed by atoms with Crippen molar-refractivity contribution in [1.82, 2.24) is 15.5 Å². The van der Waals surface area contributed by atoms with Gasteiger partial charge in [0, 0.05) is 30.2 Å². The number of hydrogen-bond acceptors (Lipinski definition) is 4. The lowest BCUT2D eigenvalue weighted by Gasteiger charge is -2.37. The third-order valence-electron chi connectivity index (χ3n) is 4.07. The van der Waals surface area contributed by atoms with Gasteiger partial charge < -0.3 is 20.6 Å². The molecule has 1 saturated heterocycles. The summed E-state index contributed by atoms with van der Waals surface area (Å²) < 4.78 is 0. The number of hydrogen-bond donors (Lipinski definition) is 3. The molecule has 1 fully saturated rings. The predicted octanol–water partition coefficient (Wildman–Crippen LogP) is 0.556. The van der Waals surface area contributed by atoms with Gasteiger partial charge in [-0.25, -0.2) is 0 Å². The third kappa shape index (κ3) is 3.83. The fourth-order valence-corrected chi connectivity index (χ4v) is 2.96. The number of benzene rings is 1. The molecule has 3 atom stereocenters. The van der Waals surface area contributed by atoms with Crippen molar-refractivity contribution in [3.63, 3.8) is 0 Å². The second-order valence-corrected chi connectivity index (χ2v) is 6.07. The molecule has 1 heterocycles. The highest BCUT2D eigenvalue weighted by Crippen LogP contribution is 2.30. The smallest absolute Gasteiger partial charge is 0.247 e. The quantitative estimate of drug-likeness (QED) is 0.732. The molecule has 2 amide bonds. The summed E-state index contributed by atoms with van der Waals surface area (Å²) in [7, 11) is 1.71. The van der Waals surface area contributed by atoms with Gasteiger partial charge in [-0.1, -0.05) is 36.7 Å². The topological polar surface area (TPSA) is 81.7 Å². The SMILES string of the molecule is CNCC(O)C(C)C(=O)N1CCNC(=O)C1c1ccccc1Cl. The van der Waals surface area contributed by atoms with Crippen molar-refractivity contribution in [3.8, 4) is 0 Å². The summed E-state index contributed by atoms with van der Waals surface area (Å²) in [4.78, 5) is 26.6. The van der Waals surface area contributed by atoms with E-state index in [1.54, 1.807) is 38.2 Å². The molecule has 2 rings (SSSR count). The number of carbonyl (C=O) groups is 2. The van der Waals surface area contributed by atoms with Crippen LogP contribution in [0.15, 0.2) is 24.3 Å². The Morgan fingerprint density at radius 2 is 2.22 bits per heavy atom. The number of piperazine rings is 1. The highest BCUT2D eigenvalue weighted by atomic mass is 35.5. The van der Waals surface area contributed by atoms with Gasteiger partial charge in [0.25, 0.3) is 0 Å². The molecule has 3 unspecified atom stereocenters. The van der Waals surface area contributed by atoms with Gasteiger partial charge >= 0.3 is 0 Å². The molecule has 0 radical (unpaired) electrons. The molecular formula is C16H22ClN3O3. The van der Waals surface area contributed by atoms with Gasteiger partial charge in [-0.05, 0) is 13.1 Å². The first-order chi connectivity index (χ1) is 11.0. The molecule has 0 spiro atoms. The van der Waals surface area contributed by atoms with Gasteiger partial charge in [0.05, 0.1) is 12.0 Å². The van der Waals surface area contributed by atoms with E-state index in [9.17, 15) is 14.7 Å². The molecule has 1 aromatic rings. The van der Waals surface area contributed by atoms with Crippen LogP contribution in [0.3, 0.4) is 0 Å². The summed E-state index contributed by atoms with van der Waals surface area (Å²) in [5.74, 6) is -1.13. The van der Waals surface area contributed by atoms with Crippen LogP contribution in [-0.2, 0) is 9.59 Å². The first-order valence-corrected chi connectivity index (χ1v) is 8.00. The van der Waals surface area contributed by atoms with Gasteiger partial charge in [0.15, 0.2) is 0 Å². The second kappa shape index (κ2) is 7.77. The number of nitrogens with one attached hydrogen (secondary N) is 2. The van der Waals surface area contributed by atoms with Crippen molar-refractivity contribution in [1.29, 1.82) is 0 Å². The number of halogens is 1. The fourth-order valence-electron chi connectivity index (χ4n) is 2.72. The van der Waals surface area contributed by atoms with E-state index < -0.39 is 18.1 Å². The van der Waals surface area contributed by atoms with Gasteiger partial charge in [0.1, 0.15) is 6.04 Å². The lowest BCUT2D eigenvalue weighted by Crippen LogP contribution is -2.54. The maximum absolute atomic E-state index is 12.8. The van der Waals surface area contributed by atoms with E-state index in [1.165, 1.54) is 4.90 Å². The van der Waals surface area contributed by atoms with E-state index in [4.69, 9.17) is 11.6 Å². The molecule has 0 bridgehead atoms. The van der Waals surface area contributed by atoms with Crippen molar-refractivity contribution < 1.29 is 14.7 Å². The molecular weight excluding hydrogens is 318 g/mol. The number of carbonyl (C=O) groups excluding carboxylic acids is 2. The number of amides is 2. The Hall–Kier alpha value is -1.63. The van der Waals surface area contributed by atoms with Crippen LogP contribution >= 0.6 is 11.6 Å². The largest absolute Gasteiger partial charge is 0.391 e. The number of nitrogens with zero attached hydrogens (tertiary/aromatic N) is 1. The fraction of sp³-hybridized carbons (Fsp3) is 0.500. The van der Waals surface area contributed by atoms with Crippen LogP contribution < -0.4 is 10.6 Å². The highest BCUT2D eigenvalue weighted by molar-refractivity contribution is 6.31.